The summed E-state index contributed by atoms with van der Waals surface area (Å²) in [6, 6.07) is 9.58. The van der Waals surface area contributed by atoms with Crippen molar-refractivity contribution in [2.45, 2.75) is 9.79 Å². The van der Waals surface area contributed by atoms with Crippen LogP contribution in [-0.2, 0) is 19.7 Å². The molecule has 0 unspecified atom stereocenters. The summed E-state index contributed by atoms with van der Waals surface area (Å²) in [5.41, 5.74) is 1.82. The van der Waals surface area contributed by atoms with Gasteiger partial charge < -0.3 is 4.74 Å². The minimum absolute atomic E-state index is 0.0223. The van der Waals surface area contributed by atoms with Crippen LogP contribution in [0.3, 0.4) is 0 Å². The summed E-state index contributed by atoms with van der Waals surface area (Å²) in [5, 5.41) is 10.3. The van der Waals surface area contributed by atoms with Gasteiger partial charge in [-0.05, 0) is 42.5 Å². The fourth-order valence-electron chi connectivity index (χ4n) is 2.29. The van der Waals surface area contributed by atoms with Crippen LogP contribution in [0.2, 0.25) is 0 Å². The van der Waals surface area contributed by atoms with Gasteiger partial charge in [0.05, 0.1) is 4.90 Å². The molecule has 0 aliphatic rings. The van der Waals surface area contributed by atoms with Gasteiger partial charge >= 0.3 is 0 Å². The number of aromatic nitrogens is 2. The SMILES string of the molecule is CS(=O)(=O)c1ccc(Oc2ccc(C(=O)Nc3nncs3)cc2)c(S(C)(=O)=O)c1. The zero-order valence-corrected chi connectivity index (χ0v) is 17.6. The number of hydrogen-bond acceptors (Lipinski definition) is 9. The molecule has 3 aromatic rings. The average Bonchev–Trinajstić information content (AvgIpc) is 3.14. The predicted molar refractivity (Wildman–Crippen MR) is 107 cm³/mol. The Morgan fingerprint density at radius 1 is 1.00 bits per heavy atom. The van der Waals surface area contributed by atoms with Gasteiger partial charge in [-0.3, -0.25) is 10.1 Å². The van der Waals surface area contributed by atoms with Crippen LogP contribution in [0, 0.1) is 0 Å². The van der Waals surface area contributed by atoms with E-state index in [9.17, 15) is 21.6 Å². The molecule has 152 valence electrons. The van der Waals surface area contributed by atoms with Gasteiger partial charge in [-0.2, -0.15) is 0 Å². The highest BCUT2D eigenvalue weighted by molar-refractivity contribution is 7.91. The second-order valence-corrected chi connectivity index (χ2v) is 10.8. The molecule has 2 aromatic carbocycles. The molecule has 0 saturated heterocycles. The van der Waals surface area contributed by atoms with E-state index in [4.69, 9.17) is 4.74 Å². The number of carbonyl (C=O) groups excluding carboxylic acids is 1. The van der Waals surface area contributed by atoms with Crippen molar-refractivity contribution in [3.05, 3.63) is 53.5 Å². The normalized spacial score (nSPS) is 11.8. The van der Waals surface area contributed by atoms with Crippen molar-refractivity contribution >= 4 is 42.1 Å². The molecule has 0 atom stereocenters. The minimum Gasteiger partial charge on any atom is -0.456 e. The van der Waals surface area contributed by atoms with Crippen LogP contribution in [0.15, 0.2) is 57.8 Å². The third kappa shape index (κ3) is 5.16. The predicted octanol–water partition coefficient (Wildman–Crippen LogP) is 2.39. The topological polar surface area (TPSA) is 132 Å². The Labute approximate surface area is 171 Å². The van der Waals surface area contributed by atoms with Crippen LogP contribution in [0.1, 0.15) is 10.4 Å². The van der Waals surface area contributed by atoms with Gasteiger partial charge in [0.1, 0.15) is 21.9 Å². The fourth-order valence-corrected chi connectivity index (χ4v) is 4.27. The third-order valence-corrected chi connectivity index (χ3v) is 6.50. The molecule has 0 aliphatic carbocycles. The highest BCUT2D eigenvalue weighted by Crippen LogP contribution is 2.31. The lowest BCUT2D eigenvalue weighted by molar-refractivity contribution is 0.102. The van der Waals surface area contributed by atoms with Gasteiger partial charge in [0, 0.05) is 18.1 Å². The van der Waals surface area contributed by atoms with Crippen molar-refractivity contribution in [1.29, 1.82) is 0 Å². The number of carbonyl (C=O) groups is 1. The van der Waals surface area contributed by atoms with Crippen molar-refractivity contribution < 1.29 is 26.4 Å². The smallest absolute Gasteiger partial charge is 0.257 e. The van der Waals surface area contributed by atoms with Crippen molar-refractivity contribution in [3.63, 3.8) is 0 Å². The third-order valence-electron chi connectivity index (χ3n) is 3.67. The number of nitrogens with zero attached hydrogens (tertiary/aromatic N) is 2. The number of sulfone groups is 2. The Bertz CT molecular complexity index is 1250. The van der Waals surface area contributed by atoms with Gasteiger partial charge in [0.15, 0.2) is 19.7 Å². The van der Waals surface area contributed by atoms with Gasteiger partial charge in [-0.25, -0.2) is 16.8 Å². The molecular formula is C17H15N3O6S3. The average molecular weight is 454 g/mol. The van der Waals surface area contributed by atoms with Gasteiger partial charge in [-0.1, -0.05) is 11.3 Å². The van der Waals surface area contributed by atoms with E-state index in [2.05, 4.69) is 15.5 Å². The molecule has 12 heteroatoms. The van der Waals surface area contributed by atoms with Crippen molar-refractivity contribution in [2.24, 2.45) is 0 Å². The minimum atomic E-state index is -3.75. The van der Waals surface area contributed by atoms with Gasteiger partial charge in [0.2, 0.25) is 5.13 Å². The summed E-state index contributed by atoms with van der Waals surface area (Å²) < 4.78 is 53.2. The van der Waals surface area contributed by atoms with E-state index in [0.29, 0.717) is 10.7 Å². The number of anilines is 1. The number of amides is 1. The fraction of sp³-hybridized carbons (Fsp3) is 0.118. The monoisotopic (exact) mass is 453 g/mol. The summed E-state index contributed by atoms with van der Waals surface area (Å²) in [6.45, 7) is 0. The first kappa shape index (κ1) is 20.9. The molecule has 3 rings (SSSR count). The van der Waals surface area contributed by atoms with Crippen LogP contribution in [0.4, 0.5) is 5.13 Å². The van der Waals surface area contributed by atoms with E-state index < -0.39 is 19.7 Å². The van der Waals surface area contributed by atoms with Gasteiger partial charge in [0.25, 0.3) is 5.91 Å². The van der Waals surface area contributed by atoms with Crippen LogP contribution in [0.25, 0.3) is 0 Å². The Kier molecular flexibility index (Phi) is 5.68. The first-order valence-corrected chi connectivity index (χ1v) is 12.6. The second kappa shape index (κ2) is 7.89. The van der Waals surface area contributed by atoms with Crippen molar-refractivity contribution in [1.82, 2.24) is 10.2 Å². The molecule has 29 heavy (non-hydrogen) atoms. The molecule has 1 aromatic heterocycles. The second-order valence-electron chi connectivity index (χ2n) is 5.98. The van der Waals surface area contributed by atoms with E-state index >= 15 is 0 Å². The summed E-state index contributed by atoms with van der Waals surface area (Å²) in [5.74, 6) is -0.136. The maximum Gasteiger partial charge on any atom is 0.257 e. The summed E-state index contributed by atoms with van der Waals surface area (Å²) >= 11 is 1.18. The molecule has 0 bridgehead atoms. The van der Waals surface area contributed by atoms with E-state index in [1.165, 1.54) is 53.2 Å². The molecule has 1 heterocycles. The highest BCUT2D eigenvalue weighted by Gasteiger charge is 2.19. The maximum absolute atomic E-state index is 12.1. The molecule has 1 amide bonds. The zero-order chi connectivity index (χ0) is 21.2. The van der Waals surface area contributed by atoms with Crippen LogP contribution >= 0.6 is 11.3 Å². The lowest BCUT2D eigenvalue weighted by Crippen LogP contribution is -2.11. The Morgan fingerprint density at radius 3 is 2.24 bits per heavy atom. The van der Waals surface area contributed by atoms with E-state index in [1.807, 2.05) is 0 Å². The van der Waals surface area contributed by atoms with Gasteiger partial charge in [-0.15, -0.1) is 10.2 Å². The molecular weight excluding hydrogens is 438 g/mol. The lowest BCUT2D eigenvalue weighted by atomic mass is 10.2. The van der Waals surface area contributed by atoms with Crippen molar-refractivity contribution in [3.8, 4) is 11.5 Å². The molecule has 0 spiro atoms. The number of hydrogen-bond donors (Lipinski definition) is 1. The van der Waals surface area contributed by atoms with Crippen LogP contribution < -0.4 is 10.1 Å². The largest absolute Gasteiger partial charge is 0.456 e. The molecule has 0 fully saturated rings. The zero-order valence-electron chi connectivity index (χ0n) is 15.2. The van der Waals surface area contributed by atoms with Crippen LogP contribution in [-0.4, -0.2) is 45.5 Å². The van der Waals surface area contributed by atoms with E-state index in [-0.39, 0.29) is 27.2 Å². The Balaban J connectivity index is 1.85. The Hall–Kier alpha value is -2.83. The lowest BCUT2D eigenvalue weighted by Gasteiger charge is -2.12. The highest BCUT2D eigenvalue weighted by atomic mass is 32.2. The molecule has 0 radical (unpaired) electrons. The molecule has 0 saturated carbocycles. The number of rotatable bonds is 6. The molecule has 0 aliphatic heterocycles. The van der Waals surface area contributed by atoms with Crippen LogP contribution in [0.5, 0.6) is 11.5 Å². The van der Waals surface area contributed by atoms with Crippen molar-refractivity contribution in [2.75, 3.05) is 17.8 Å². The number of benzene rings is 2. The number of nitrogens with one attached hydrogen (secondary N) is 1. The first-order chi connectivity index (χ1) is 13.5. The molecule has 1 N–H and O–H groups in total. The van der Waals surface area contributed by atoms with E-state index in [1.54, 1.807) is 0 Å². The Morgan fingerprint density at radius 2 is 1.69 bits per heavy atom. The summed E-state index contributed by atoms with van der Waals surface area (Å²) in [4.78, 5) is 11.8. The summed E-state index contributed by atoms with van der Waals surface area (Å²) in [7, 11) is -7.34. The standard InChI is InChI=1S/C17H15N3O6S3/c1-28(22,23)13-7-8-14(15(9-13)29(2,24)25)26-12-5-3-11(4-6-12)16(21)19-17-20-18-10-27-17/h3-10H,1-2H3,(H,19,20,21). The maximum atomic E-state index is 12.1. The molecule has 9 nitrogen and oxygen atoms in total. The number of ether oxygens (including phenoxy) is 1. The summed E-state index contributed by atoms with van der Waals surface area (Å²) in [6.07, 6.45) is 1.95. The van der Waals surface area contributed by atoms with E-state index in [0.717, 1.165) is 18.6 Å². The quantitative estimate of drug-likeness (QED) is 0.602. The first-order valence-electron chi connectivity index (χ1n) is 7.93.